The van der Waals surface area contributed by atoms with E-state index in [0.717, 1.165) is 82.6 Å². The average Bonchev–Trinajstić information content (AvgIpc) is 3.22. The van der Waals surface area contributed by atoms with Crippen molar-refractivity contribution in [1.29, 1.82) is 0 Å². The second-order valence-electron chi connectivity index (χ2n) is 18.6. The van der Waals surface area contributed by atoms with Crippen LogP contribution in [0.15, 0.2) is 30.3 Å². The van der Waals surface area contributed by atoms with Gasteiger partial charge >= 0.3 is 5.97 Å². The van der Waals surface area contributed by atoms with Crippen molar-refractivity contribution in [1.82, 2.24) is 16.0 Å². The summed E-state index contributed by atoms with van der Waals surface area (Å²) >= 11 is 0. The summed E-state index contributed by atoms with van der Waals surface area (Å²) in [4.78, 5) is 81.2. The van der Waals surface area contributed by atoms with E-state index in [1.54, 1.807) is 6.92 Å². The SMILES string of the molecule is CC[C@@H](C(=O)C[C@H](C)C(=O)N[C@@H]1CCCC[C@@H]1[C@@H](CC)C(=O)OCc1ccccc1)[C@H]1CCCC[C@H]1CC(=O)[C@@H](C)NC(=O)[C@H](CC)[C@H]1CCCC[C@H]1NC(=O)C(C)C. The van der Waals surface area contributed by atoms with Crippen LogP contribution in [0.3, 0.4) is 0 Å². The molecule has 0 heterocycles. The molecule has 0 unspecified atom stereocenters. The number of esters is 1. The van der Waals surface area contributed by atoms with Crippen molar-refractivity contribution in [3.8, 4) is 0 Å². The van der Waals surface area contributed by atoms with Gasteiger partial charge in [-0.3, -0.25) is 28.8 Å². The zero-order chi connectivity index (χ0) is 43.1. The minimum absolute atomic E-state index is 0.00942. The van der Waals surface area contributed by atoms with E-state index in [4.69, 9.17) is 4.74 Å². The Labute approximate surface area is 355 Å². The number of benzene rings is 1. The molecule has 1 aromatic rings. The molecule has 10 heteroatoms. The zero-order valence-electron chi connectivity index (χ0n) is 37.4. The highest BCUT2D eigenvalue weighted by Gasteiger charge is 2.41. The summed E-state index contributed by atoms with van der Waals surface area (Å²) in [6.07, 6.45) is 13.5. The molecule has 3 saturated carbocycles. The molecule has 59 heavy (non-hydrogen) atoms. The van der Waals surface area contributed by atoms with Crippen LogP contribution in [0.5, 0.6) is 0 Å². The molecule has 0 aliphatic heterocycles. The largest absolute Gasteiger partial charge is 0.461 e. The minimum atomic E-state index is -0.646. The van der Waals surface area contributed by atoms with E-state index in [2.05, 4.69) is 16.0 Å². The van der Waals surface area contributed by atoms with E-state index >= 15 is 0 Å². The third-order valence-corrected chi connectivity index (χ3v) is 14.2. The minimum Gasteiger partial charge on any atom is -0.461 e. The number of amides is 3. The number of carbonyl (C=O) groups excluding carboxylic acids is 6. The number of hydrogen-bond acceptors (Lipinski definition) is 7. The van der Waals surface area contributed by atoms with E-state index in [1.807, 2.05) is 71.9 Å². The first-order valence-corrected chi connectivity index (χ1v) is 23.5. The Balaban J connectivity index is 1.33. The normalized spacial score (nSPS) is 26.0. The van der Waals surface area contributed by atoms with Crippen LogP contribution >= 0.6 is 0 Å². The summed E-state index contributed by atoms with van der Waals surface area (Å²) in [6, 6.07) is 8.82. The van der Waals surface area contributed by atoms with Crippen molar-refractivity contribution in [2.45, 2.75) is 182 Å². The fraction of sp³-hybridized carbons (Fsp3) is 0.755. The van der Waals surface area contributed by atoms with Crippen molar-refractivity contribution in [2.24, 2.45) is 53.3 Å². The van der Waals surface area contributed by atoms with Gasteiger partial charge in [-0.1, -0.05) is 110 Å². The number of carbonyl (C=O) groups is 6. The van der Waals surface area contributed by atoms with Crippen LogP contribution in [0.4, 0.5) is 0 Å². The quantitative estimate of drug-likeness (QED) is 0.105. The van der Waals surface area contributed by atoms with Gasteiger partial charge in [-0.15, -0.1) is 0 Å². The van der Waals surface area contributed by atoms with Gasteiger partial charge in [0, 0.05) is 48.6 Å². The van der Waals surface area contributed by atoms with Gasteiger partial charge < -0.3 is 20.7 Å². The lowest BCUT2D eigenvalue weighted by atomic mass is 9.67. The summed E-state index contributed by atoms with van der Waals surface area (Å²) < 4.78 is 5.76. The van der Waals surface area contributed by atoms with Gasteiger partial charge in [0.05, 0.1) is 12.0 Å². The Morgan fingerprint density at radius 1 is 0.610 bits per heavy atom. The Morgan fingerprint density at radius 3 is 1.71 bits per heavy atom. The first-order chi connectivity index (χ1) is 28.3. The first-order valence-electron chi connectivity index (χ1n) is 23.5. The topological polar surface area (TPSA) is 148 Å². The molecule has 0 bridgehead atoms. The van der Waals surface area contributed by atoms with Crippen LogP contribution < -0.4 is 16.0 Å². The number of ether oxygens (including phenoxy) is 1. The summed E-state index contributed by atoms with van der Waals surface area (Å²) in [5, 5.41) is 9.53. The predicted octanol–water partition coefficient (Wildman–Crippen LogP) is 8.68. The highest BCUT2D eigenvalue weighted by Crippen LogP contribution is 2.41. The van der Waals surface area contributed by atoms with Crippen LogP contribution in [0, 0.1) is 53.3 Å². The highest BCUT2D eigenvalue weighted by molar-refractivity contribution is 5.90. The highest BCUT2D eigenvalue weighted by atomic mass is 16.5. The number of rotatable bonds is 21. The molecule has 3 amide bonds. The third-order valence-electron chi connectivity index (χ3n) is 14.2. The van der Waals surface area contributed by atoms with Crippen LogP contribution in [0.2, 0.25) is 0 Å². The molecule has 10 nitrogen and oxygen atoms in total. The van der Waals surface area contributed by atoms with Gasteiger partial charge in [0.2, 0.25) is 17.7 Å². The first kappa shape index (κ1) is 48.1. The van der Waals surface area contributed by atoms with Crippen molar-refractivity contribution in [3.63, 3.8) is 0 Å². The smallest absolute Gasteiger partial charge is 0.309 e. The molecular weight excluding hydrogens is 743 g/mol. The molecule has 330 valence electrons. The van der Waals surface area contributed by atoms with Crippen LogP contribution in [0.1, 0.15) is 163 Å². The second-order valence-corrected chi connectivity index (χ2v) is 18.6. The average molecular weight is 820 g/mol. The molecule has 0 radical (unpaired) electrons. The van der Waals surface area contributed by atoms with Crippen LogP contribution in [-0.4, -0.2) is 53.4 Å². The summed E-state index contributed by atoms with van der Waals surface area (Å²) in [5.41, 5.74) is 0.942. The summed E-state index contributed by atoms with van der Waals surface area (Å²) in [6.45, 7) is 13.6. The van der Waals surface area contributed by atoms with Crippen molar-refractivity contribution < 1.29 is 33.5 Å². The number of Topliss-reactive ketones (excluding diaryl/α,β-unsaturated/α-hetero) is 2. The Morgan fingerprint density at radius 2 is 1.14 bits per heavy atom. The van der Waals surface area contributed by atoms with Crippen LogP contribution in [0.25, 0.3) is 0 Å². The van der Waals surface area contributed by atoms with Gasteiger partial charge in [0.1, 0.15) is 12.4 Å². The number of nitrogens with one attached hydrogen (secondary N) is 3. The maximum absolute atomic E-state index is 14.1. The maximum atomic E-state index is 14.1. The third kappa shape index (κ3) is 13.7. The maximum Gasteiger partial charge on any atom is 0.309 e. The molecule has 3 N–H and O–H groups in total. The summed E-state index contributed by atoms with van der Waals surface area (Å²) in [5.74, 6) is -1.78. The van der Waals surface area contributed by atoms with E-state index < -0.39 is 12.0 Å². The zero-order valence-corrected chi connectivity index (χ0v) is 37.4. The van der Waals surface area contributed by atoms with Gasteiger partial charge in [0.25, 0.3) is 0 Å². The number of hydrogen-bond donors (Lipinski definition) is 3. The predicted molar refractivity (Wildman–Crippen MR) is 232 cm³/mol. The molecule has 0 spiro atoms. The lowest BCUT2D eigenvalue weighted by Gasteiger charge is -2.38. The van der Waals surface area contributed by atoms with Crippen molar-refractivity contribution in [3.05, 3.63) is 35.9 Å². The molecule has 3 aliphatic carbocycles. The standard InChI is InChI=1S/C49H77N3O7/c1-8-36(45(54)28-32(6)47(56)52-43-27-19-17-25-41(43)38(10-3)49(58)59-30-34-20-12-11-13-21-34)39-23-15-14-22-35(39)29-44(53)33(7)50-48(57)37(9-2)40-24-16-18-26-42(40)51-46(55)31(4)5/h11-13,20-21,31-33,35-43H,8-10,14-19,22-30H2,1-7H3,(H,50,57)(H,51,55)(H,52,56)/t32-,33+,35-,36+,37+,38+,39-,40+,41+,42+,43+/m0/s1. The lowest BCUT2D eigenvalue weighted by Crippen LogP contribution is -2.51. The van der Waals surface area contributed by atoms with E-state index in [9.17, 15) is 28.8 Å². The molecule has 0 saturated heterocycles. The fourth-order valence-corrected chi connectivity index (χ4v) is 10.6. The molecular formula is C49H77N3O7. The molecule has 11 atom stereocenters. The molecule has 4 rings (SSSR count). The summed E-state index contributed by atoms with van der Waals surface area (Å²) in [7, 11) is 0. The van der Waals surface area contributed by atoms with E-state index in [1.165, 1.54) is 0 Å². The molecule has 3 aliphatic rings. The Hall–Kier alpha value is -3.56. The molecule has 3 fully saturated rings. The Bertz CT molecular complexity index is 1530. The van der Waals surface area contributed by atoms with Gasteiger partial charge in [-0.2, -0.15) is 0 Å². The van der Waals surface area contributed by atoms with Gasteiger partial charge in [-0.05, 0) is 93.9 Å². The van der Waals surface area contributed by atoms with Gasteiger partial charge in [0.15, 0.2) is 5.78 Å². The fourth-order valence-electron chi connectivity index (χ4n) is 10.6. The van der Waals surface area contributed by atoms with E-state index in [-0.39, 0.29) is 108 Å². The van der Waals surface area contributed by atoms with Crippen molar-refractivity contribution >= 4 is 35.3 Å². The van der Waals surface area contributed by atoms with Crippen molar-refractivity contribution in [2.75, 3.05) is 0 Å². The van der Waals surface area contributed by atoms with Gasteiger partial charge in [-0.25, -0.2) is 0 Å². The molecule has 0 aromatic heterocycles. The van der Waals surface area contributed by atoms with E-state index in [0.29, 0.717) is 25.7 Å². The monoisotopic (exact) mass is 820 g/mol. The molecule has 1 aromatic carbocycles. The lowest BCUT2D eigenvalue weighted by molar-refractivity contribution is -0.153. The second kappa shape index (κ2) is 24.0. The number of ketones is 2. The van der Waals surface area contributed by atoms with Crippen LogP contribution in [-0.2, 0) is 40.1 Å². The Kier molecular flexibility index (Phi) is 19.6.